The number of ether oxygens (including phenoxy) is 1. The molecule has 0 bridgehead atoms. The maximum absolute atomic E-state index is 12.9. The molecule has 28 heavy (non-hydrogen) atoms. The Bertz CT molecular complexity index is 985. The molecule has 3 rings (SSSR count). The van der Waals surface area contributed by atoms with Crippen molar-refractivity contribution >= 4 is 51.9 Å². The van der Waals surface area contributed by atoms with E-state index in [4.69, 9.17) is 17.0 Å². The monoisotopic (exact) mass is 423 g/mol. The SMILES string of the molecule is CC(=O)Oc1ccc(/C=C2\SC(=O)N(c3cccc(C(F)(F)F)c3)C2=S)cc1. The van der Waals surface area contributed by atoms with Crippen molar-refractivity contribution in [2.24, 2.45) is 0 Å². The summed E-state index contributed by atoms with van der Waals surface area (Å²) >= 11 is 6.14. The van der Waals surface area contributed by atoms with Crippen LogP contribution < -0.4 is 9.64 Å². The van der Waals surface area contributed by atoms with Gasteiger partial charge in [-0.05, 0) is 53.7 Å². The third-order valence-corrected chi connectivity index (χ3v) is 5.08. The quantitative estimate of drug-likeness (QED) is 0.275. The zero-order valence-corrected chi connectivity index (χ0v) is 16.0. The van der Waals surface area contributed by atoms with E-state index in [1.807, 2.05) is 0 Å². The molecule has 4 nitrogen and oxygen atoms in total. The second kappa shape index (κ2) is 7.76. The fourth-order valence-corrected chi connectivity index (χ4v) is 3.74. The Morgan fingerprint density at radius 3 is 2.46 bits per heavy atom. The van der Waals surface area contributed by atoms with Gasteiger partial charge in [0, 0.05) is 6.92 Å². The van der Waals surface area contributed by atoms with E-state index < -0.39 is 22.9 Å². The first-order chi connectivity index (χ1) is 13.1. The van der Waals surface area contributed by atoms with Crippen molar-refractivity contribution in [3.05, 3.63) is 64.6 Å². The number of amides is 1. The molecule has 0 unspecified atom stereocenters. The zero-order valence-electron chi connectivity index (χ0n) is 14.3. The number of alkyl halides is 3. The minimum absolute atomic E-state index is 0.0610. The maximum Gasteiger partial charge on any atom is 0.416 e. The van der Waals surface area contributed by atoms with Gasteiger partial charge in [-0.1, -0.05) is 30.4 Å². The van der Waals surface area contributed by atoms with Crippen LogP contribution in [0, 0.1) is 0 Å². The molecular weight excluding hydrogens is 411 g/mol. The molecule has 9 heteroatoms. The Kier molecular flexibility index (Phi) is 5.57. The van der Waals surface area contributed by atoms with Gasteiger partial charge < -0.3 is 4.74 Å². The number of nitrogens with zero attached hydrogens (tertiary/aromatic N) is 1. The third kappa shape index (κ3) is 4.42. The van der Waals surface area contributed by atoms with Crippen molar-refractivity contribution in [1.29, 1.82) is 0 Å². The molecule has 1 heterocycles. The van der Waals surface area contributed by atoms with Crippen molar-refractivity contribution in [3.63, 3.8) is 0 Å². The lowest BCUT2D eigenvalue weighted by atomic mass is 10.1. The van der Waals surface area contributed by atoms with E-state index in [2.05, 4.69) is 0 Å². The Balaban J connectivity index is 1.86. The number of anilines is 1. The predicted molar refractivity (Wildman–Crippen MR) is 105 cm³/mol. The van der Waals surface area contributed by atoms with Gasteiger partial charge in [-0.25, -0.2) is 0 Å². The lowest BCUT2D eigenvalue weighted by Crippen LogP contribution is -2.26. The van der Waals surface area contributed by atoms with Gasteiger partial charge in [0.1, 0.15) is 10.7 Å². The normalized spacial score (nSPS) is 16.0. The van der Waals surface area contributed by atoms with Crippen molar-refractivity contribution in [2.45, 2.75) is 13.1 Å². The molecule has 1 amide bonds. The molecular formula is C19H12F3NO3S2. The highest BCUT2D eigenvalue weighted by Gasteiger charge is 2.35. The first kappa shape index (κ1) is 20.1. The molecule has 0 radical (unpaired) electrons. The Labute approximate surface area is 168 Å². The number of esters is 1. The summed E-state index contributed by atoms with van der Waals surface area (Å²) in [6, 6.07) is 11.0. The predicted octanol–water partition coefficient (Wildman–Crippen LogP) is 5.67. The van der Waals surface area contributed by atoms with Crippen LogP contribution in [-0.2, 0) is 11.0 Å². The number of benzene rings is 2. The van der Waals surface area contributed by atoms with Crippen molar-refractivity contribution in [3.8, 4) is 5.75 Å². The van der Waals surface area contributed by atoms with Crippen LogP contribution in [0.5, 0.6) is 5.75 Å². The first-order valence-corrected chi connectivity index (χ1v) is 9.11. The summed E-state index contributed by atoms with van der Waals surface area (Å²) in [6.45, 7) is 1.29. The van der Waals surface area contributed by atoms with Gasteiger partial charge in [0.05, 0.1) is 16.2 Å². The van der Waals surface area contributed by atoms with Crippen molar-refractivity contribution in [2.75, 3.05) is 4.90 Å². The molecule has 2 aromatic carbocycles. The second-order valence-corrected chi connectivity index (χ2v) is 7.11. The number of rotatable bonds is 3. The summed E-state index contributed by atoms with van der Waals surface area (Å²) in [4.78, 5) is 24.9. The fraction of sp³-hybridized carbons (Fsp3) is 0.105. The Hall–Kier alpha value is -2.65. The number of hydrogen-bond acceptors (Lipinski definition) is 5. The highest BCUT2D eigenvalue weighted by molar-refractivity contribution is 8.20. The van der Waals surface area contributed by atoms with E-state index in [0.29, 0.717) is 16.2 Å². The van der Waals surface area contributed by atoms with Crippen LogP contribution in [-0.4, -0.2) is 16.2 Å². The minimum atomic E-state index is -4.52. The highest BCUT2D eigenvalue weighted by atomic mass is 32.2. The summed E-state index contributed by atoms with van der Waals surface area (Å²) in [7, 11) is 0. The molecule has 0 N–H and O–H groups in total. The van der Waals surface area contributed by atoms with Crippen LogP contribution in [0.3, 0.4) is 0 Å². The standard InChI is InChI=1S/C19H12F3NO3S2/c1-11(24)26-15-7-5-12(6-8-15)9-16-17(27)23(18(25)28-16)14-4-2-3-13(10-14)19(20,21)22/h2-10H,1H3/b16-9-. The van der Waals surface area contributed by atoms with Gasteiger partial charge in [0.15, 0.2) is 0 Å². The summed E-state index contributed by atoms with van der Waals surface area (Å²) in [5.41, 5.74) is -0.102. The Morgan fingerprint density at radius 1 is 1.18 bits per heavy atom. The molecule has 0 spiro atoms. The Morgan fingerprint density at radius 2 is 1.86 bits per heavy atom. The van der Waals surface area contributed by atoms with Crippen molar-refractivity contribution in [1.82, 2.24) is 0 Å². The average molecular weight is 423 g/mol. The number of carbonyl (C=O) groups is 2. The summed E-state index contributed by atoms with van der Waals surface area (Å²) in [6.07, 6.45) is -2.87. The molecule has 0 aromatic heterocycles. The van der Waals surface area contributed by atoms with Gasteiger partial charge in [0.2, 0.25) is 0 Å². The molecule has 0 atom stereocenters. The van der Waals surface area contributed by atoms with Crippen LogP contribution in [0.15, 0.2) is 53.4 Å². The molecule has 1 aliphatic rings. The third-order valence-electron chi connectivity index (χ3n) is 3.66. The first-order valence-electron chi connectivity index (χ1n) is 7.89. The second-order valence-electron chi connectivity index (χ2n) is 5.73. The molecule has 1 aliphatic heterocycles. The molecule has 0 aliphatic carbocycles. The molecule has 1 fully saturated rings. The molecule has 1 saturated heterocycles. The van der Waals surface area contributed by atoms with Crippen LogP contribution in [0.25, 0.3) is 6.08 Å². The van der Waals surface area contributed by atoms with Crippen LogP contribution >= 0.6 is 24.0 Å². The van der Waals surface area contributed by atoms with E-state index in [1.165, 1.54) is 19.1 Å². The maximum atomic E-state index is 12.9. The van der Waals surface area contributed by atoms with Crippen LogP contribution in [0.1, 0.15) is 18.1 Å². The van der Waals surface area contributed by atoms with E-state index in [9.17, 15) is 22.8 Å². The number of carbonyl (C=O) groups excluding carboxylic acids is 2. The highest BCUT2D eigenvalue weighted by Crippen LogP contribution is 2.39. The lowest BCUT2D eigenvalue weighted by Gasteiger charge is -2.16. The summed E-state index contributed by atoms with van der Waals surface area (Å²) < 4.78 is 43.8. The van der Waals surface area contributed by atoms with Crippen molar-refractivity contribution < 1.29 is 27.5 Å². The number of thioether (sulfide) groups is 1. The number of thiocarbonyl (C=S) groups is 1. The van der Waals surface area contributed by atoms with E-state index in [-0.39, 0.29) is 10.7 Å². The molecule has 2 aromatic rings. The van der Waals surface area contributed by atoms with Gasteiger partial charge in [-0.2, -0.15) is 13.2 Å². The zero-order chi connectivity index (χ0) is 20.5. The minimum Gasteiger partial charge on any atom is -0.427 e. The molecule has 0 saturated carbocycles. The smallest absolute Gasteiger partial charge is 0.416 e. The van der Waals surface area contributed by atoms with Gasteiger partial charge >= 0.3 is 12.1 Å². The van der Waals surface area contributed by atoms with Crippen LogP contribution in [0.2, 0.25) is 0 Å². The van der Waals surface area contributed by atoms with Crippen LogP contribution in [0.4, 0.5) is 23.7 Å². The lowest BCUT2D eigenvalue weighted by molar-refractivity contribution is -0.137. The average Bonchev–Trinajstić information content (AvgIpc) is 2.89. The summed E-state index contributed by atoms with van der Waals surface area (Å²) in [5, 5.41) is -0.480. The van der Waals surface area contributed by atoms with Gasteiger partial charge in [-0.15, -0.1) is 0 Å². The van der Waals surface area contributed by atoms with E-state index >= 15 is 0 Å². The van der Waals surface area contributed by atoms with Gasteiger partial charge in [0.25, 0.3) is 5.24 Å². The van der Waals surface area contributed by atoms with E-state index in [0.717, 1.165) is 28.8 Å². The topological polar surface area (TPSA) is 46.6 Å². The molecule has 144 valence electrons. The fourth-order valence-electron chi connectivity index (χ4n) is 2.46. The number of halogens is 3. The summed E-state index contributed by atoms with van der Waals surface area (Å²) in [5.74, 6) is -0.0704. The number of hydrogen-bond donors (Lipinski definition) is 0. The van der Waals surface area contributed by atoms with E-state index in [1.54, 1.807) is 30.3 Å². The van der Waals surface area contributed by atoms with Gasteiger partial charge in [-0.3, -0.25) is 14.5 Å². The largest absolute Gasteiger partial charge is 0.427 e.